The maximum Gasteiger partial charge on any atom is 0.0865 e. The number of aromatic nitrogens is 2. The van der Waals surface area contributed by atoms with E-state index in [1.807, 2.05) is 19.2 Å². The highest BCUT2D eigenvalue weighted by Crippen LogP contribution is 2.30. The highest BCUT2D eigenvalue weighted by molar-refractivity contribution is 9.10. The second-order valence-electron chi connectivity index (χ2n) is 4.68. The molecule has 1 aromatic carbocycles. The average Bonchev–Trinajstić information content (AvgIpc) is 2.68. The van der Waals surface area contributed by atoms with Gasteiger partial charge in [-0.15, -0.1) is 0 Å². The molecule has 0 fully saturated rings. The largest absolute Gasteiger partial charge is 0.398 e. The van der Waals surface area contributed by atoms with Crippen molar-refractivity contribution >= 4 is 37.5 Å². The Balaban J connectivity index is 2.30. The van der Waals surface area contributed by atoms with Crippen molar-refractivity contribution in [1.82, 2.24) is 9.78 Å². The van der Waals surface area contributed by atoms with E-state index in [9.17, 15) is 5.11 Å². The number of aryl methyl sites for hydroxylation is 2. The molecule has 0 amide bonds. The van der Waals surface area contributed by atoms with Gasteiger partial charge in [-0.25, -0.2) is 0 Å². The van der Waals surface area contributed by atoms with Gasteiger partial charge in [0.05, 0.1) is 22.0 Å². The Labute approximate surface area is 135 Å². The quantitative estimate of drug-likeness (QED) is 0.770. The molecule has 1 aromatic heterocycles. The molecule has 0 aliphatic carbocycles. The number of anilines is 1. The molecule has 0 aliphatic rings. The predicted molar refractivity (Wildman–Crippen MR) is 87.5 cm³/mol. The van der Waals surface area contributed by atoms with E-state index in [4.69, 9.17) is 5.73 Å². The average molecular weight is 403 g/mol. The van der Waals surface area contributed by atoms with E-state index in [2.05, 4.69) is 43.9 Å². The lowest BCUT2D eigenvalue weighted by atomic mass is 10.0. The minimum atomic E-state index is -0.663. The molecule has 0 aliphatic heterocycles. The zero-order chi connectivity index (χ0) is 14.9. The van der Waals surface area contributed by atoms with Crippen molar-refractivity contribution in [2.45, 2.75) is 25.9 Å². The first-order valence-electron chi connectivity index (χ1n) is 6.37. The van der Waals surface area contributed by atoms with Crippen LogP contribution < -0.4 is 5.73 Å². The van der Waals surface area contributed by atoms with E-state index in [1.165, 1.54) is 0 Å². The van der Waals surface area contributed by atoms with Crippen LogP contribution in [0.2, 0.25) is 0 Å². The molecule has 20 heavy (non-hydrogen) atoms. The summed E-state index contributed by atoms with van der Waals surface area (Å²) >= 11 is 6.96. The van der Waals surface area contributed by atoms with Crippen LogP contribution in [0.3, 0.4) is 0 Å². The minimum Gasteiger partial charge on any atom is -0.398 e. The lowest BCUT2D eigenvalue weighted by Gasteiger charge is -2.14. The molecule has 1 heterocycles. The summed E-state index contributed by atoms with van der Waals surface area (Å²) in [5, 5.41) is 14.9. The molecule has 2 rings (SSSR count). The second kappa shape index (κ2) is 6.28. The number of aliphatic hydroxyl groups excluding tert-OH is 1. The van der Waals surface area contributed by atoms with Crippen molar-refractivity contribution in [3.8, 4) is 0 Å². The van der Waals surface area contributed by atoms with Gasteiger partial charge >= 0.3 is 0 Å². The lowest BCUT2D eigenvalue weighted by Crippen LogP contribution is -2.09. The Morgan fingerprint density at radius 1 is 1.40 bits per heavy atom. The first-order valence-corrected chi connectivity index (χ1v) is 7.95. The summed E-state index contributed by atoms with van der Waals surface area (Å²) in [7, 11) is 1.89. The number of benzene rings is 1. The van der Waals surface area contributed by atoms with E-state index >= 15 is 0 Å². The van der Waals surface area contributed by atoms with Gasteiger partial charge in [0.25, 0.3) is 0 Å². The number of nitrogens with two attached hydrogens (primary N) is 1. The van der Waals surface area contributed by atoms with Crippen LogP contribution >= 0.6 is 31.9 Å². The van der Waals surface area contributed by atoms with Crippen LogP contribution in [0.4, 0.5) is 5.69 Å². The summed E-state index contributed by atoms with van der Waals surface area (Å²) in [5.74, 6) is 0. The molecule has 0 saturated carbocycles. The lowest BCUT2D eigenvalue weighted by molar-refractivity contribution is 0.176. The number of nitrogens with zero attached hydrogens (tertiary/aromatic N) is 2. The van der Waals surface area contributed by atoms with Crippen LogP contribution in [0.1, 0.15) is 30.0 Å². The Kier molecular flexibility index (Phi) is 4.88. The van der Waals surface area contributed by atoms with Crippen molar-refractivity contribution in [1.29, 1.82) is 0 Å². The fourth-order valence-electron chi connectivity index (χ4n) is 2.17. The van der Waals surface area contributed by atoms with Crippen LogP contribution in [-0.2, 0) is 19.9 Å². The van der Waals surface area contributed by atoms with Crippen molar-refractivity contribution in [2.75, 3.05) is 5.73 Å². The van der Waals surface area contributed by atoms with Gasteiger partial charge in [-0.2, -0.15) is 5.10 Å². The van der Waals surface area contributed by atoms with Crippen molar-refractivity contribution in [2.24, 2.45) is 7.05 Å². The minimum absolute atomic E-state index is 0.463. The molecule has 0 bridgehead atoms. The number of nitrogen functional groups attached to an aromatic ring is 1. The van der Waals surface area contributed by atoms with Crippen LogP contribution in [0.5, 0.6) is 0 Å². The summed E-state index contributed by atoms with van der Waals surface area (Å²) in [6.45, 7) is 2.06. The highest BCUT2D eigenvalue weighted by Gasteiger charge is 2.19. The molecule has 0 spiro atoms. The molecule has 2 aromatic rings. The highest BCUT2D eigenvalue weighted by atomic mass is 79.9. The standard InChI is InChI=1S/C14H17Br2N3O/c1-3-11-14(16)12(19(2)18-11)7-13(20)9-6-8(15)4-5-10(9)17/h4-6,13,20H,3,7,17H2,1-2H3. The number of rotatable bonds is 4. The van der Waals surface area contributed by atoms with Gasteiger partial charge in [0.15, 0.2) is 0 Å². The van der Waals surface area contributed by atoms with Crippen molar-refractivity contribution < 1.29 is 5.11 Å². The fourth-order valence-corrected chi connectivity index (χ4v) is 3.33. The van der Waals surface area contributed by atoms with Gasteiger partial charge in [-0.1, -0.05) is 22.9 Å². The van der Waals surface area contributed by atoms with Gasteiger partial charge in [-0.3, -0.25) is 4.68 Å². The molecule has 3 N–H and O–H groups in total. The SMILES string of the molecule is CCc1nn(C)c(CC(O)c2cc(Br)ccc2N)c1Br. The molecule has 108 valence electrons. The monoisotopic (exact) mass is 401 g/mol. The third-order valence-electron chi connectivity index (χ3n) is 3.30. The summed E-state index contributed by atoms with van der Waals surface area (Å²) in [5.41, 5.74) is 9.22. The third kappa shape index (κ3) is 3.07. The molecule has 1 unspecified atom stereocenters. The summed E-state index contributed by atoms with van der Waals surface area (Å²) < 4.78 is 3.68. The Morgan fingerprint density at radius 2 is 2.10 bits per heavy atom. The van der Waals surface area contributed by atoms with Gasteiger partial charge in [0.2, 0.25) is 0 Å². The predicted octanol–water partition coefficient (Wildman–Crippen LogP) is 3.37. The van der Waals surface area contributed by atoms with Crippen LogP contribution in [-0.4, -0.2) is 14.9 Å². The van der Waals surface area contributed by atoms with E-state index in [-0.39, 0.29) is 0 Å². The Hall–Kier alpha value is -0.850. The van der Waals surface area contributed by atoms with Crippen LogP contribution in [0.15, 0.2) is 27.1 Å². The van der Waals surface area contributed by atoms with Crippen molar-refractivity contribution in [3.05, 3.63) is 44.1 Å². The van der Waals surface area contributed by atoms with Gasteiger partial charge in [0, 0.05) is 29.2 Å². The molecular weight excluding hydrogens is 386 g/mol. The third-order valence-corrected chi connectivity index (χ3v) is 4.71. The van der Waals surface area contributed by atoms with Gasteiger partial charge in [0.1, 0.15) is 0 Å². The van der Waals surface area contributed by atoms with Crippen LogP contribution in [0, 0.1) is 0 Å². The zero-order valence-electron chi connectivity index (χ0n) is 11.4. The van der Waals surface area contributed by atoms with Gasteiger partial charge < -0.3 is 10.8 Å². The molecule has 0 saturated heterocycles. The van der Waals surface area contributed by atoms with E-state index in [1.54, 1.807) is 10.7 Å². The smallest absolute Gasteiger partial charge is 0.0865 e. The topological polar surface area (TPSA) is 64.1 Å². The second-order valence-corrected chi connectivity index (χ2v) is 6.39. The van der Waals surface area contributed by atoms with Crippen LogP contribution in [0.25, 0.3) is 0 Å². The van der Waals surface area contributed by atoms with E-state index in [0.29, 0.717) is 12.1 Å². The van der Waals surface area contributed by atoms with Crippen molar-refractivity contribution in [3.63, 3.8) is 0 Å². The molecule has 4 nitrogen and oxygen atoms in total. The van der Waals surface area contributed by atoms with Gasteiger partial charge in [-0.05, 0) is 40.5 Å². The van der Waals surface area contributed by atoms with E-state index < -0.39 is 6.10 Å². The summed E-state index contributed by atoms with van der Waals surface area (Å²) in [6, 6.07) is 5.50. The first-order chi connectivity index (χ1) is 9.43. The zero-order valence-corrected chi connectivity index (χ0v) is 14.6. The maximum absolute atomic E-state index is 10.4. The number of aliphatic hydroxyl groups is 1. The number of hydrogen-bond donors (Lipinski definition) is 2. The molecule has 6 heteroatoms. The molecule has 0 radical (unpaired) electrons. The number of hydrogen-bond acceptors (Lipinski definition) is 3. The first kappa shape index (κ1) is 15.5. The number of halogens is 2. The fraction of sp³-hybridized carbons (Fsp3) is 0.357. The molecular formula is C14H17Br2N3O. The Bertz CT molecular complexity index is 625. The summed E-state index contributed by atoms with van der Waals surface area (Å²) in [4.78, 5) is 0. The Morgan fingerprint density at radius 3 is 2.70 bits per heavy atom. The van der Waals surface area contributed by atoms with E-state index in [0.717, 1.165) is 32.3 Å². The summed E-state index contributed by atoms with van der Waals surface area (Å²) in [6.07, 6.45) is 0.651. The molecule has 1 atom stereocenters. The maximum atomic E-state index is 10.4. The normalized spacial score (nSPS) is 12.7.